The summed E-state index contributed by atoms with van der Waals surface area (Å²) < 4.78 is 0. The predicted molar refractivity (Wildman–Crippen MR) is 81.2 cm³/mol. The summed E-state index contributed by atoms with van der Waals surface area (Å²) >= 11 is 0. The SMILES string of the molecule is CCCCCCCCc1ccc[cH-]1.[Fe+2].c1cc[cH-]c1. The molecule has 0 spiro atoms. The minimum atomic E-state index is 0. The van der Waals surface area contributed by atoms with Crippen LogP contribution in [0.25, 0.3) is 0 Å². The molecule has 19 heavy (non-hydrogen) atoms. The molecule has 1 heteroatoms. The van der Waals surface area contributed by atoms with Crippen LogP contribution in [0.1, 0.15) is 51.0 Å². The molecule has 0 N–H and O–H groups in total. The molecular weight excluding hydrogens is 272 g/mol. The van der Waals surface area contributed by atoms with Gasteiger partial charge in [-0.15, -0.1) is 0 Å². The number of aryl methyl sites for hydroxylation is 1. The van der Waals surface area contributed by atoms with E-state index in [2.05, 4.69) is 31.2 Å². The van der Waals surface area contributed by atoms with E-state index in [1.807, 2.05) is 30.3 Å². The minimum absolute atomic E-state index is 0. The van der Waals surface area contributed by atoms with Gasteiger partial charge in [-0.25, -0.2) is 24.3 Å². The zero-order valence-corrected chi connectivity index (χ0v) is 13.1. The molecule has 0 nitrogen and oxygen atoms in total. The zero-order valence-electron chi connectivity index (χ0n) is 12.0. The van der Waals surface area contributed by atoms with E-state index in [1.54, 1.807) is 0 Å². The molecule has 0 unspecified atom stereocenters. The smallest absolute Gasteiger partial charge is 0.214 e. The van der Waals surface area contributed by atoms with Gasteiger partial charge in [-0.05, 0) is 0 Å². The molecule has 0 aromatic heterocycles. The molecule has 0 amide bonds. The van der Waals surface area contributed by atoms with Gasteiger partial charge in [0, 0.05) is 0 Å². The number of hydrogen-bond acceptors (Lipinski definition) is 0. The van der Waals surface area contributed by atoms with Crippen molar-refractivity contribution in [1.29, 1.82) is 0 Å². The summed E-state index contributed by atoms with van der Waals surface area (Å²) in [7, 11) is 0. The molecule has 0 atom stereocenters. The first-order valence-electron chi connectivity index (χ1n) is 7.30. The van der Waals surface area contributed by atoms with Crippen molar-refractivity contribution in [2.24, 2.45) is 0 Å². The van der Waals surface area contributed by atoms with Crippen LogP contribution in [0.4, 0.5) is 0 Å². The summed E-state index contributed by atoms with van der Waals surface area (Å²) in [5.74, 6) is 0. The molecule has 0 radical (unpaired) electrons. The first-order valence-corrected chi connectivity index (χ1v) is 7.30. The van der Waals surface area contributed by atoms with Gasteiger partial charge < -0.3 is 0 Å². The molecule has 0 bridgehead atoms. The molecule has 2 aromatic rings. The molecule has 0 aliphatic carbocycles. The summed E-state index contributed by atoms with van der Waals surface area (Å²) in [6.07, 6.45) is 9.67. The van der Waals surface area contributed by atoms with Crippen LogP contribution in [0, 0.1) is 0 Å². The molecule has 0 saturated carbocycles. The second-order valence-corrected chi connectivity index (χ2v) is 4.77. The Hall–Kier alpha value is -0.781. The Balaban J connectivity index is 0.000000454. The zero-order chi connectivity index (χ0) is 12.9. The van der Waals surface area contributed by atoms with Crippen LogP contribution < -0.4 is 0 Å². The van der Waals surface area contributed by atoms with Crippen molar-refractivity contribution >= 4 is 0 Å². The van der Waals surface area contributed by atoms with Crippen LogP contribution >= 0.6 is 0 Å². The molecule has 106 valence electrons. The fourth-order valence-corrected chi connectivity index (χ4v) is 2.01. The molecular formula is C18H26Fe. The van der Waals surface area contributed by atoms with E-state index in [9.17, 15) is 0 Å². The minimum Gasteiger partial charge on any atom is -0.214 e. The topological polar surface area (TPSA) is 0 Å². The quantitative estimate of drug-likeness (QED) is 0.349. The maximum absolute atomic E-state index is 2.27. The van der Waals surface area contributed by atoms with E-state index in [4.69, 9.17) is 0 Å². The van der Waals surface area contributed by atoms with Crippen molar-refractivity contribution in [1.82, 2.24) is 0 Å². The maximum Gasteiger partial charge on any atom is 2.00 e. The molecule has 2 aromatic carbocycles. The van der Waals surface area contributed by atoms with Gasteiger partial charge in [-0.1, -0.05) is 51.9 Å². The van der Waals surface area contributed by atoms with Crippen LogP contribution in [0.3, 0.4) is 0 Å². The van der Waals surface area contributed by atoms with Gasteiger partial charge in [-0.3, -0.25) is 0 Å². The van der Waals surface area contributed by atoms with Gasteiger partial charge in [0.1, 0.15) is 0 Å². The van der Waals surface area contributed by atoms with Gasteiger partial charge in [0.2, 0.25) is 0 Å². The van der Waals surface area contributed by atoms with Gasteiger partial charge in [-0.2, -0.15) is 35.9 Å². The third-order valence-electron chi connectivity index (χ3n) is 3.11. The van der Waals surface area contributed by atoms with Crippen molar-refractivity contribution in [3.63, 3.8) is 0 Å². The molecule has 0 saturated heterocycles. The monoisotopic (exact) mass is 298 g/mol. The first-order chi connectivity index (χ1) is 8.93. The van der Waals surface area contributed by atoms with Crippen molar-refractivity contribution < 1.29 is 17.1 Å². The van der Waals surface area contributed by atoms with Gasteiger partial charge in [0.05, 0.1) is 0 Å². The summed E-state index contributed by atoms with van der Waals surface area (Å²) in [5.41, 5.74) is 1.51. The van der Waals surface area contributed by atoms with Crippen LogP contribution in [-0.2, 0) is 23.5 Å². The maximum atomic E-state index is 2.27. The normalized spacial score (nSPS) is 9.32. The fraction of sp³-hybridized carbons (Fsp3) is 0.444. The third kappa shape index (κ3) is 10.8. The Bertz CT molecular complexity index is 314. The number of unbranched alkanes of at least 4 members (excludes halogenated alkanes) is 5. The van der Waals surface area contributed by atoms with Crippen LogP contribution in [-0.4, -0.2) is 0 Å². The van der Waals surface area contributed by atoms with Gasteiger partial charge in [0.25, 0.3) is 0 Å². The van der Waals surface area contributed by atoms with Crippen molar-refractivity contribution in [3.8, 4) is 0 Å². The third-order valence-corrected chi connectivity index (χ3v) is 3.11. The van der Waals surface area contributed by atoms with Crippen molar-refractivity contribution in [3.05, 3.63) is 60.2 Å². The standard InChI is InChI=1S/C13H21.C5H5.Fe/c1-2-3-4-5-6-7-10-13-11-8-9-12-13;1-2-4-5-3-1;/h8-9,11-12H,2-7,10H2,1H3;1-5H;/q2*-1;+2. The van der Waals surface area contributed by atoms with E-state index >= 15 is 0 Å². The Kier molecular flexibility index (Phi) is 13.1. The second-order valence-electron chi connectivity index (χ2n) is 4.77. The van der Waals surface area contributed by atoms with Crippen molar-refractivity contribution in [2.75, 3.05) is 0 Å². The van der Waals surface area contributed by atoms with Gasteiger partial charge in [0.15, 0.2) is 0 Å². The Labute approximate surface area is 129 Å². The number of hydrogen-bond donors (Lipinski definition) is 0. The van der Waals surface area contributed by atoms with Crippen molar-refractivity contribution in [2.45, 2.75) is 51.9 Å². The summed E-state index contributed by atoms with van der Waals surface area (Å²) in [4.78, 5) is 0. The van der Waals surface area contributed by atoms with Crippen LogP contribution in [0.2, 0.25) is 0 Å². The molecule has 0 fully saturated rings. The predicted octanol–water partition coefficient (Wildman–Crippen LogP) is 5.71. The van der Waals surface area contributed by atoms with E-state index in [0.717, 1.165) is 0 Å². The van der Waals surface area contributed by atoms with E-state index < -0.39 is 0 Å². The largest absolute Gasteiger partial charge is 2.00 e. The summed E-state index contributed by atoms with van der Waals surface area (Å²) in [5, 5.41) is 0. The summed E-state index contributed by atoms with van der Waals surface area (Å²) in [6, 6.07) is 18.7. The average molecular weight is 298 g/mol. The fourth-order valence-electron chi connectivity index (χ4n) is 2.01. The Morgan fingerprint density at radius 1 is 0.842 bits per heavy atom. The molecule has 0 aliphatic heterocycles. The second kappa shape index (κ2) is 13.6. The Morgan fingerprint density at radius 3 is 2.05 bits per heavy atom. The van der Waals surface area contributed by atoms with Gasteiger partial charge >= 0.3 is 17.1 Å². The molecule has 0 aliphatic rings. The summed E-state index contributed by atoms with van der Waals surface area (Å²) in [6.45, 7) is 2.27. The first kappa shape index (κ1) is 18.2. The van der Waals surface area contributed by atoms with E-state index in [0.29, 0.717) is 0 Å². The van der Waals surface area contributed by atoms with E-state index in [-0.39, 0.29) is 17.1 Å². The Morgan fingerprint density at radius 2 is 1.53 bits per heavy atom. The number of rotatable bonds is 7. The van der Waals surface area contributed by atoms with E-state index in [1.165, 1.54) is 50.5 Å². The van der Waals surface area contributed by atoms with Crippen LogP contribution in [0.15, 0.2) is 54.6 Å². The average Bonchev–Trinajstić information content (AvgIpc) is 3.07. The molecule has 0 heterocycles. The van der Waals surface area contributed by atoms with Crippen LogP contribution in [0.5, 0.6) is 0 Å². The molecule has 2 rings (SSSR count).